The molecule has 2 aliphatic heterocycles. The molecule has 2 saturated heterocycles. The van der Waals surface area contributed by atoms with E-state index in [0.29, 0.717) is 19.3 Å². The van der Waals surface area contributed by atoms with Gasteiger partial charge in [0.25, 0.3) is 0 Å². The zero-order valence-electron chi connectivity index (χ0n) is 11.7. The Bertz CT molecular complexity index is 306. The van der Waals surface area contributed by atoms with Crippen LogP contribution in [-0.2, 0) is 14.2 Å². The molecule has 1 aliphatic carbocycles. The molecule has 3 rings (SSSR count). The first-order valence-electron chi connectivity index (χ1n) is 7.45. The number of ether oxygens (including phenoxy) is 3. The first-order valence-corrected chi connectivity index (χ1v) is 7.45. The fourth-order valence-electron chi connectivity index (χ4n) is 3.71. The number of piperidine rings is 1. The summed E-state index contributed by atoms with van der Waals surface area (Å²) < 4.78 is 17.1. The summed E-state index contributed by atoms with van der Waals surface area (Å²) in [4.78, 5) is 2.37. The third kappa shape index (κ3) is 2.81. The summed E-state index contributed by atoms with van der Waals surface area (Å²) in [5.41, 5.74) is 0. The van der Waals surface area contributed by atoms with Crippen LogP contribution in [0.5, 0.6) is 0 Å². The fourth-order valence-corrected chi connectivity index (χ4v) is 3.71. The predicted octanol–water partition coefficient (Wildman–Crippen LogP) is 0.754. The summed E-state index contributed by atoms with van der Waals surface area (Å²) in [7, 11) is 1.77. The molecule has 5 heteroatoms. The molecule has 1 N–H and O–H groups in total. The molecular weight excluding hydrogens is 246 g/mol. The van der Waals surface area contributed by atoms with Crippen LogP contribution in [0.1, 0.15) is 32.1 Å². The Labute approximate surface area is 114 Å². The van der Waals surface area contributed by atoms with Crippen LogP contribution in [0.3, 0.4) is 0 Å². The second-order valence-electron chi connectivity index (χ2n) is 5.98. The number of rotatable bonds is 2. The van der Waals surface area contributed by atoms with E-state index in [9.17, 15) is 5.11 Å². The SMILES string of the molecule is COC1CCCN(C2CC3(CCC2O)OCCO3)C1. The largest absolute Gasteiger partial charge is 0.391 e. The minimum Gasteiger partial charge on any atom is -0.391 e. The molecule has 3 atom stereocenters. The van der Waals surface area contributed by atoms with Crippen LogP contribution in [0.15, 0.2) is 0 Å². The normalized spacial score (nSPS) is 39.8. The fraction of sp³-hybridized carbons (Fsp3) is 1.00. The smallest absolute Gasteiger partial charge is 0.170 e. The van der Waals surface area contributed by atoms with Gasteiger partial charge in [-0.3, -0.25) is 4.90 Å². The number of aliphatic hydroxyl groups is 1. The van der Waals surface area contributed by atoms with Gasteiger partial charge in [0.05, 0.1) is 25.4 Å². The maximum atomic E-state index is 10.3. The van der Waals surface area contributed by atoms with Crippen LogP contribution in [0.25, 0.3) is 0 Å². The number of nitrogens with zero attached hydrogens (tertiary/aromatic N) is 1. The lowest BCUT2D eigenvalue weighted by molar-refractivity contribution is -0.207. The molecule has 1 spiro atoms. The molecule has 0 bridgehead atoms. The number of hydrogen-bond acceptors (Lipinski definition) is 5. The van der Waals surface area contributed by atoms with Crippen LogP contribution >= 0.6 is 0 Å². The monoisotopic (exact) mass is 271 g/mol. The molecule has 0 amide bonds. The molecule has 3 unspecified atom stereocenters. The molecule has 3 fully saturated rings. The van der Waals surface area contributed by atoms with Gasteiger partial charge in [0, 0.05) is 32.5 Å². The van der Waals surface area contributed by atoms with Crippen LogP contribution < -0.4 is 0 Å². The quantitative estimate of drug-likeness (QED) is 0.803. The lowest BCUT2D eigenvalue weighted by Gasteiger charge is -2.46. The van der Waals surface area contributed by atoms with Gasteiger partial charge in [0.2, 0.25) is 0 Å². The second kappa shape index (κ2) is 5.66. The summed E-state index contributed by atoms with van der Waals surface area (Å²) in [6.45, 7) is 3.32. The van der Waals surface area contributed by atoms with Crippen molar-refractivity contribution in [2.75, 3.05) is 33.4 Å². The first-order chi connectivity index (χ1) is 9.22. The van der Waals surface area contributed by atoms with Crippen molar-refractivity contribution in [2.24, 2.45) is 0 Å². The Balaban J connectivity index is 1.67. The molecule has 2 heterocycles. The van der Waals surface area contributed by atoms with Gasteiger partial charge in [-0.25, -0.2) is 0 Å². The van der Waals surface area contributed by atoms with E-state index in [2.05, 4.69) is 4.90 Å². The van der Waals surface area contributed by atoms with Crippen LogP contribution in [0.4, 0.5) is 0 Å². The topological polar surface area (TPSA) is 51.2 Å². The summed E-state index contributed by atoms with van der Waals surface area (Å²) in [6, 6.07) is 0.143. The molecule has 0 radical (unpaired) electrons. The highest BCUT2D eigenvalue weighted by molar-refractivity contribution is 4.94. The number of methoxy groups -OCH3 is 1. The standard InChI is InChI=1S/C14H25NO4/c1-17-11-3-2-6-15(10-11)12-9-14(5-4-13(12)16)18-7-8-19-14/h11-13,16H,2-10H2,1H3. The van der Waals surface area contributed by atoms with Gasteiger partial charge in [0.1, 0.15) is 0 Å². The third-order valence-electron chi connectivity index (χ3n) is 4.81. The van der Waals surface area contributed by atoms with Gasteiger partial charge in [-0.15, -0.1) is 0 Å². The highest BCUT2D eigenvalue weighted by atomic mass is 16.7. The summed E-state index contributed by atoms with van der Waals surface area (Å²) >= 11 is 0. The summed E-state index contributed by atoms with van der Waals surface area (Å²) in [5, 5.41) is 10.3. The molecule has 0 aromatic carbocycles. The van der Waals surface area contributed by atoms with Gasteiger partial charge in [-0.2, -0.15) is 0 Å². The average Bonchev–Trinajstić information content (AvgIpc) is 2.90. The van der Waals surface area contributed by atoms with E-state index in [-0.39, 0.29) is 12.1 Å². The molecule has 3 aliphatic rings. The molecule has 0 aromatic heterocycles. The molecule has 19 heavy (non-hydrogen) atoms. The highest BCUT2D eigenvalue weighted by Crippen LogP contribution is 2.38. The second-order valence-corrected chi connectivity index (χ2v) is 5.98. The van der Waals surface area contributed by atoms with Crippen LogP contribution in [0, 0.1) is 0 Å². The number of likely N-dealkylation sites (tertiary alicyclic amines) is 1. The Hall–Kier alpha value is -0.200. The molecule has 1 saturated carbocycles. The number of aliphatic hydroxyl groups excluding tert-OH is 1. The summed E-state index contributed by atoms with van der Waals surface area (Å²) in [5.74, 6) is -0.427. The van der Waals surface area contributed by atoms with E-state index in [4.69, 9.17) is 14.2 Å². The van der Waals surface area contributed by atoms with E-state index in [1.807, 2.05) is 0 Å². The maximum Gasteiger partial charge on any atom is 0.170 e. The maximum absolute atomic E-state index is 10.3. The van der Waals surface area contributed by atoms with E-state index >= 15 is 0 Å². The lowest BCUT2D eigenvalue weighted by Crippen LogP contribution is -2.56. The van der Waals surface area contributed by atoms with E-state index < -0.39 is 5.79 Å². The average molecular weight is 271 g/mol. The van der Waals surface area contributed by atoms with Crippen molar-refractivity contribution < 1.29 is 19.3 Å². The van der Waals surface area contributed by atoms with Crippen molar-refractivity contribution >= 4 is 0 Å². The van der Waals surface area contributed by atoms with Gasteiger partial charge in [-0.1, -0.05) is 0 Å². The Morgan fingerprint density at radius 1 is 1.26 bits per heavy atom. The first kappa shape index (κ1) is 13.8. The van der Waals surface area contributed by atoms with Crippen molar-refractivity contribution in [3.05, 3.63) is 0 Å². The van der Waals surface area contributed by atoms with Gasteiger partial charge >= 0.3 is 0 Å². The van der Waals surface area contributed by atoms with Crippen molar-refractivity contribution in [2.45, 2.75) is 56.1 Å². The van der Waals surface area contributed by atoms with Crippen LogP contribution in [-0.4, -0.2) is 67.5 Å². The minimum atomic E-state index is -0.427. The Morgan fingerprint density at radius 2 is 2.05 bits per heavy atom. The van der Waals surface area contributed by atoms with E-state index in [0.717, 1.165) is 45.2 Å². The Morgan fingerprint density at radius 3 is 2.79 bits per heavy atom. The third-order valence-corrected chi connectivity index (χ3v) is 4.81. The van der Waals surface area contributed by atoms with Gasteiger partial charge < -0.3 is 19.3 Å². The van der Waals surface area contributed by atoms with Gasteiger partial charge in [0.15, 0.2) is 5.79 Å². The molecule has 110 valence electrons. The molecule has 5 nitrogen and oxygen atoms in total. The number of hydrogen-bond donors (Lipinski definition) is 1. The zero-order chi connectivity index (χ0) is 13.3. The lowest BCUT2D eigenvalue weighted by atomic mass is 9.85. The predicted molar refractivity (Wildman–Crippen MR) is 69.9 cm³/mol. The van der Waals surface area contributed by atoms with Crippen molar-refractivity contribution in [3.8, 4) is 0 Å². The Kier molecular flexibility index (Phi) is 4.10. The zero-order valence-corrected chi connectivity index (χ0v) is 11.7. The summed E-state index contributed by atoms with van der Waals surface area (Å²) in [6.07, 6.45) is 4.64. The van der Waals surface area contributed by atoms with Crippen molar-refractivity contribution in [3.63, 3.8) is 0 Å². The van der Waals surface area contributed by atoms with Crippen molar-refractivity contribution in [1.82, 2.24) is 4.90 Å². The van der Waals surface area contributed by atoms with E-state index in [1.165, 1.54) is 0 Å². The van der Waals surface area contributed by atoms with Crippen LogP contribution in [0.2, 0.25) is 0 Å². The minimum absolute atomic E-state index is 0.143. The molecule has 0 aromatic rings. The molecular formula is C14H25NO4. The highest BCUT2D eigenvalue weighted by Gasteiger charge is 2.47. The van der Waals surface area contributed by atoms with Crippen molar-refractivity contribution in [1.29, 1.82) is 0 Å². The van der Waals surface area contributed by atoms with Gasteiger partial charge in [-0.05, 0) is 25.8 Å². The van der Waals surface area contributed by atoms with E-state index in [1.54, 1.807) is 7.11 Å².